The minimum absolute atomic E-state index is 0.0412. The molecule has 2 atom stereocenters. The Bertz CT molecular complexity index is 366. The molecule has 1 aromatic rings. The molecule has 1 saturated heterocycles. The van der Waals surface area contributed by atoms with E-state index in [2.05, 4.69) is 27.3 Å². The van der Waals surface area contributed by atoms with Gasteiger partial charge in [0.05, 0.1) is 13.0 Å². The summed E-state index contributed by atoms with van der Waals surface area (Å²) in [5, 5.41) is 5.28. The van der Waals surface area contributed by atoms with Crippen LogP contribution in [0.3, 0.4) is 0 Å². The second kappa shape index (κ2) is 4.63. The van der Waals surface area contributed by atoms with Crippen molar-refractivity contribution < 1.29 is 9.53 Å². The summed E-state index contributed by atoms with van der Waals surface area (Å²) >= 11 is 5.11. The largest absolute Gasteiger partial charge is 0.469 e. The van der Waals surface area contributed by atoms with Crippen molar-refractivity contribution in [1.29, 1.82) is 0 Å². The van der Waals surface area contributed by atoms with Crippen LogP contribution in [0.1, 0.15) is 10.8 Å². The van der Waals surface area contributed by atoms with Crippen molar-refractivity contribution in [2.75, 3.05) is 20.2 Å². The van der Waals surface area contributed by atoms with Crippen LogP contribution in [0.5, 0.6) is 0 Å². The van der Waals surface area contributed by atoms with Crippen LogP contribution in [0.25, 0.3) is 0 Å². The Kier molecular flexibility index (Phi) is 3.43. The maximum Gasteiger partial charge on any atom is 0.310 e. The second-order valence-electron chi connectivity index (χ2n) is 3.56. The summed E-state index contributed by atoms with van der Waals surface area (Å²) < 4.78 is 5.89. The van der Waals surface area contributed by atoms with Crippen molar-refractivity contribution >= 4 is 33.2 Å². The number of rotatable bonds is 2. The van der Waals surface area contributed by atoms with Crippen molar-refractivity contribution in [3.8, 4) is 0 Å². The van der Waals surface area contributed by atoms with Gasteiger partial charge in [0.25, 0.3) is 0 Å². The van der Waals surface area contributed by atoms with Crippen LogP contribution in [0, 0.1) is 5.92 Å². The van der Waals surface area contributed by atoms with E-state index in [9.17, 15) is 4.79 Å². The number of hydrogen-bond donors (Lipinski definition) is 1. The molecule has 0 aliphatic carbocycles. The highest BCUT2D eigenvalue weighted by Crippen LogP contribution is 2.34. The Morgan fingerprint density at radius 3 is 3.07 bits per heavy atom. The van der Waals surface area contributed by atoms with Gasteiger partial charge in [0.1, 0.15) is 0 Å². The number of carbonyl (C=O) groups excluding carboxylic acids is 1. The normalized spacial score (nSPS) is 25.5. The monoisotopic (exact) mass is 289 g/mol. The van der Waals surface area contributed by atoms with Crippen molar-refractivity contribution in [3.63, 3.8) is 0 Å². The van der Waals surface area contributed by atoms with Crippen LogP contribution in [0.4, 0.5) is 0 Å². The molecule has 0 spiro atoms. The predicted molar refractivity (Wildman–Crippen MR) is 63.1 cm³/mol. The Morgan fingerprint density at radius 1 is 1.67 bits per heavy atom. The first-order valence-electron chi connectivity index (χ1n) is 4.75. The van der Waals surface area contributed by atoms with Crippen LogP contribution < -0.4 is 5.32 Å². The predicted octanol–water partition coefficient (Wildman–Crippen LogP) is 1.99. The molecule has 1 aliphatic rings. The molecule has 15 heavy (non-hydrogen) atoms. The third kappa shape index (κ3) is 2.24. The molecule has 0 aromatic carbocycles. The molecule has 0 saturated carbocycles. The molecule has 1 N–H and O–H groups in total. The highest BCUT2D eigenvalue weighted by Gasteiger charge is 2.35. The fraction of sp³-hybridized carbons (Fsp3) is 0.500. The van der Waals surface area contributed by atoms with Gasteiger partial charge < -0.3 is 10.1 Å². The standard InChI is InChI=1S/C10H12BrNO2S/c1-14-10(13)8-4-12-3-7(8)9-2-6(11)5-15-9/h2,5,7-8,12H,3-4H2,1H3/t7-,8+/m0/s1. The molecular formula is C10H12BrNO2S. The number of ether oxygens (including phenoxy) is 1. The summed E-state index contributed by atoms with van der Waals surface area (Å²) in [4.78, 5) is 12.8. The van der Waals surface area contributed by atoms with Crippen molar-refractivity contribution in [2.24, 2.45) is 5.92 Å². The minimum Gasteiger partial charge on any atom is -0.469 e. The zero-order valence-corrected chi connectivity index (χ0v) is 10.7. The molecule has 1 aromatic heterocycles. The van der Waals surface area contributed by atoms with Crippen molar-refractivity contribution in [3.05, 3.63) is 20.8 Å². The average molecular weight is 290 g/mol. The summed E-state index contributed by atoms with van der Waals surface area (Å²) in [6.45, 7) is 1.57. The van der Waals surface area contributed by atoms with E-state index >= 15 is 0 Å². The van der Waals surface area contributed by atoms with Crippen LogP contribution in [0.15, 0.2) is 15.9 Å². The maximum atomic E-state index is 11.5. The topological polar surface area (TPSA) is 38.3 Å². The van der Waals surface area contributed by atoms with Gasteiger partial charge in [-0.05, 0) is 22.0 Å². The van der Waals surface area contributed by atoms with E-state index in [1.807, 2.05) is 5.38 Å². The molecule has 0 unspecified atom stereocenters. The highest BCUT2D eigenvalue weighted by molar-refractivity contribution is 9.10. The fourth-order valence-corrected chi connectivity index (χ4v) is 3.51. The number of nitrogens with one attached hydrogen (secondary N) is 1. The SMILES string of the molecule is COC(=O)[C@@H]1CNC[C@@H]1c1cc(Br)cs1. The summed E-state index contributed by atoms with van der Waals surface area (Å²) in [6, 6.07) is 2.08. The lowest BCUT2D eigenvalue weighted by Crippen LogP contribution is -2.22. The van der Waals surface area contributed by atoms with Gasteiger partial charge in [0.15, 0.2) is 0 Å². The van der Waals surface area contributed by atoms with Gasteiger partial charge in [0.2, 0.25) is 0 Å². The van der Waals surface area contributed by atoms with Gasteiger partial charge in [-0.1, -0.05) is 0 Å². The number of carbonyl (C=O) groups is 1. The number of hydrogen-bond acceptors (Lipinski definition) is 4. The van der Waals surface area contributed by atoms with Crippen LogP contribution >= 0.6 is 27.3 Å². The highest BCUT2D eigenvalue weighted by atomic mass is 79.9. The average Bonchev–Trinajstić information content (AvgIpc) is 2.84. The summed E-state index contributed by atoms with van der Waals surface area (Å²) in [6.07, 6.45) is 0. The Balaban J connectivity index is 2.18. The molecule has 1 fully saturated rings. The molecule has 82 valence electrons. The molecule has 0 amide bonds. The van der Waals surface area contributed by atoms with E-state index < -0.39 is 0 Å². The maximum absolute atomic E-state index is 11.5. The van der Waals surface area contributed by atoms with Gasteiger partial charge in [-0.15, -0.1) is 11.3 Å². The van der Waals surface area contributed by atoms with E-state index in [4.69, 9.17) is 4.74 Å². The lowest BCUT2D eigenvalue weighted by atomic mass is 9.95. The second-order valence-corrected chi connectivity index (χ2v) is 5.42. The first-order valence-corrected chi connectivity index (χ1v) is 6.42. The van der Waals surface area contributed by atoms with Crippen LogP contribution in [0.2, 0.25) is 0 Å². The minimum atomic E-state index is -0.116. The molecule has 5 heteroatoms. The lowest BCUT2D eigenvalue weighted by molar-refractivity contribution is -0.145. The first-order chi connectivity index (χ1) is 7.22. The lowest BCUT2D eigenvalue weighted by Gasteiger charge is -2.14. The molecule has 1 aliphatic heterocycles. The molecule has 3 nitrogen and oxygen atoms in total. The quantitative estimate of drug-likeness (QED) is 0.847. The smallest absolute Gasteiger partial charge is 0.310 e. The summed E-state index contributed by atoms with van der Waals surface area (Å²) in [5.74, 6) is 0.101. The van der Waals surface area contributed by atoms with Gasteiger partial charge in [-0.3, -0.25) is 4.79 Å². The summed E-state index contributed by atoms with van der Waals surface area (Å²) in [5.41, 5.74) is 0. The molecule has 2 heterocycles. The summed E-state index contributed by atoms with van der Waals surface area (Å²) in [7, 11) is 1.45. The van der Waals surface area contributed by atoms with Crippen LogP contribution in [-0.2, 0) is 9.53 Å². The third-order valence-electron chi connectivity index (χ3n) is 2.67. The first kappa shape index (κ1) is 11.1. The van der Waals surface area contributed by atoms with Gasteiger partial charge >= 0.3 is 5.97 Å². The fourth-order valence-electron chi connectivity index (χ4n) is 1.90. The molecule has 2 rings (SSSR count). The van der Waals surface area contributed by atoms with E-state index in [1.54, 1.807) is 11.3 Å². The molecule has 0 radical (unpaired) electrons. The molecular weight excluding hydrogens is 278 g/mol. The zero-order chi connectivity index (χ0) is 10.8. The number of esters is 1. The number of methoxy groups -OCH3 is 1. The van der Waals surface area contributed by atoms with Crippen molar-refractivity contribution in [2.45, 2.75) is 5.92 Å². The third-order valence-corrected chi connectivity index (χ3v) is 4.50. The van der Waals surface area contributed by atoms with Gasteiger partial charge in [-0.25, -0.2) is 0 Å². The van der Waals surface area contributed by atoms with Gasteiger partial charge in [-0.2, -0.15) is 0 Å². The Morgan fingerprint density at radius 2 is 2.47 bits per heavy atom. The van der Waals surface area contributed by atoms with E-state index in [0.29, 0.717) is 6.54 Å². The van der Waals surface area contributed by atoms with Crippen molar-refractivity contribution in [1.82, 2.24) is 5.32 Å². The van der Waals surface area contributed by atoms with Crippen LogP contribution in [-0.4, -0.2) is 26.2 Å². The Hall–Kier alpha value is -0.390. The van der Waals surface area contributed by atoms with E-state index in [-0.39, 0.29) is 17.8 Å². The van der Waals surface area contributed by atoms with E-state index in [1.165, 1.54) is 12.0 Å². The van der Waals surface area contributed by atoms with Gasteiger partial charge in [0, 0.05) is 33.7 Å². The number of thiophene rings is 1. The number of halogens is 1. The Labute approximate surface area is 101 Å². The van der Waals surface area contributed by atoms with E-state index in [0.717, 1.165) is 11.0 Å². The zero-order valence-electron chi connectivity index (χ0n) is 8.33. The molecule has 0 bridgehead atoms.